The minimum atomic E-state index is 0.176. The van der Waals surface area contributed by atoms with E-state index in [9.17, 15) is 0 Å². The van der Waals surface area contributed by atoms with Crippen molar-refractivity contribution >= 4 is 0 Å². The van der Waals surface area contributed by atoms with Crippen LogP contribution in [0.15, 0.2) is 30.6 Å². The van der Waals surface area contributed by atoms with Crippen LogP contribution in [0.2, 0.25) is 0 Å². The number of nitrogens with zero attached hydrogens (tertiary/aromatic N) is 2. The van der Waals surface area contributed by atoms with Crippen LogP contribution in [-0.4, -0.2) is 30.3 Å². The molecule has 0 aliphatic heterocycles. The number of rotatable bonds is 7. The summed E-state index contributed by atoms with van der Waals surface area (Å²) in [6.07, 6.45) is 4.67. The molecule has 0 aliphatic carbocycles. The topological polar surface area (TPSA) is 48.3 Å². The number of nitrogens with one attached hydrogen (secondary N) is 1. The van der Waals surface area contributed by atoms with E-state index in [4.69, 9.17) is 9.47 Å². The molecule has 2 rings (SSSR count). The third kappa shape index (κ3) is 3.76. The van der Waals surface area contributed by atoms with Crippen molar-refractivity contribution in [2.45, 2.75) is 19.4 Å². The second kappa shape index (κ2) is 7.13. The Kier molecular flexibility index (Phi) is 5.22. The molecule has 0 spiro atoms. The molecule has 1 unspecified atom stereocenters. The van der Waals surface area contributed by atoms with Crippen LogP contribution in [0.5, 0.6) is 11.5 Å². The highest BCUT2D eigenvalue weighted by Gasteiger charge is 2.12. The summed E-state index contributed by atoms with van der Waals surface area (Å²) in [7, 11) is 5.37. The van der Waals surface area contributed by atoms with E-state index < -0.39 is 0 Å². The molecule has 0 fully saturated rings. The van der Waals surface area contributed by atoms with Crippen LogP contribution in [0.3, 0.4) is 0 Å². The second-order valence-corrected chi connectivity index (χ2v) is 4.99. The molecule has 21 heavy (non-hydrogen) atoms. The van der Waals surface area contributed by atoms with Gasteiger partial charge in [-0.15, -0.1) is 0 Å². The summed E-state index contributed by atoms with van der Waals surface area (Å²) >= 11 is 0. The molecule has 0 aliphatic rings. The van der Waals surface area contributed by atoms with Crippen molar-refractivity contribution in [1.29, 1.82) is 0 Å². The predicted octanol–water partition coefficient (Wildman–Crippen LogP) is 2.33. The first-order valence-corrected chi connectivity index (χ1v) is 7.07. The van der Waals surface area contributed by atoms with Gasteiger partial charge in [-0.2, -0.15) is 0 Å². The molecule has 0 amide bonds. The molecule has 0 bridgehead atoms. The second-order valence-electron chi connectivity index (χ2n) is 4.99. The number of hydrogen-bond donors (Lipinski definition) is 1. The van der Waals surface area contributed by atoms with Crippen molar-refractivity contribution in [3.8, 4) is 11.5 Å². The predicted molar refractivity (Wildman–Crippen MR) is 82.9 cm³/mol. The zero-order valence-electron chi connectivity index (χ0n) is 13.1. The lowest BCUT2D eigenvalue weighted by molar-refractivity contribution is 0.392. The van der Waals surface area contributed by atoms with Gasteiger partial charge in [0.1, 0.15) is 17.3 Å². The Morgan fingerprint density at radius 1 is 1.29 bits per heavy atom. The summed E-state index contributed by atoms with van der Waals surface area (Å²) in [6, 6.07) is 6.03. The van der Waals surface area contributed by atoms with Crippen molar-refractivity contribution in [3.63, 3.8) is 0 Å². The van der Waals surface area contributed by atoms with E-state index in [0.717, 1.165) is 35.9 Å². The molecule has 1 atom stereocenters. The quantitative estimate of drug-likeness (QED) is 0.850. The van der Waals surface area contributed by atoms with Crippen LogP contribution >= 0.6 is 0 Å². The van der Waals surface area contributed by atoms with E-state index in [0.29, 0.717) is 0 Å². The van der Waals surface area contributed by atoms with Crippen LogP contribution < -0.4 is 14.8 Å². The summed E-state index contributed by atoms with van der Waals surface area (Å²) in [6.45, 7) is 2.97. The van der Waals surface area contributed by atoms with Gasteiger partial charge in [0.25, 0.3) is 0 Å². The van der Waals surface area contributed by atoms with Gasteiger partial charge >= 0.3 is 0 Å². The first kappa shape index (κ1) is 15.4. The normalized spacial score (nSPS) is 12.2. The minimum Gasteiger partial charge on any atom is -0.497 e. The van der Waals surface area contributed by atoms with E-state index in [2.05, 4.69) is 17.2 Å². The standard InChI is InChI=1S/C16H23N3O2/c1-12(17-8-7-16-18-9-10-19(16)2)14-11-13(20-3)5-6-15(14)21-4/h5-6,9-12,17H,7-8H2,1-4H3. The average Bonchev–Trinajstić information content (AvgIpc) is 2.91. The van der Waals surface area contributed by atoms with Gasteiger partial charge in [0.2, 0.25) is 0 Å². The van der Waals surface area contributed by atoms with Crippen molar-refractivity contribution in [1.82, 2.24) is 14.9 Å². The molecular weight excluding hydrogens is 266 g/mol. The van der Waals surface area contributed by atoms with Crippen LogP contribution in [-0.2, 0) is 13.5 Å². The molecule has 5 heteroatoms. The number of methoxy groups -OCH3 is 2. The van der Waals surface area contributed by atoms with E-state index in [1.54, 1.807) is 14.2 Å². The zero-order chi connectivity index (χ0) is 15.2. The van der Waals surface area contributed by atoms with Gasteiger partial charge < -0.3 is 19.4 Å². The van der Waals surface area contributed by atoms with Gasteiger partial charge in [-0.25, -0.2) is 4.98 Å². The smallest absolute Gasteiger partial charge is 0.123 e. The Labute approximate surface area is 125 Å². The third-order valence-corrected chi connectivity index (χ3v) is 3.62. The first-order valence-electron chi connectivity index (χ1n) is 7.07. The van der Waals surface area contributed by atoms with Gasteiger partial charge in [0.05, 0.1) is 14.2 Å². The molecular formula is C16H23N3O2. The number of hydrogen-bond acceptors (Lipinski definition) is 4. The lowest BCUT2D eigenvalue weighted by atomic mass is 10.1. The number of ether oxygens (including phenoxy) is 2. The summed E-state index contributed by atoms with van der Waals surface area (Å²) in [5, 5.41) is 3.50. The molecule has 5 nitrogen and oxygen atoms in total. The molecule has 1 N–H and O–H groups in total. The Morgan fingerprint density at radius 3 is 2.71 bits per heavy atom. The van der Waals surface area contributed by atoms with Gasteiger partial charge in [0, 0.05) is 44.0 Å². The molecule has 1 aromatic heterocycles. The van der Waals surface area contributed by atoms with Crippen molar-refractivity contribution < 1.29 is 9.47 Å². The summed E-state index contributed by atoms with van der Waals surface area (Å²) in [5.41, 5.74) is 1.09. The Bertz CT molecular complexity index is 581. The molecule has 2 aromatic rings. The van der Waals surface area contributed by atoms with Crippen molar-refractivity contribution in [2.75, 3.05) is 20.8 Å². The number of imidazole rings is 1. The molecule has 0 saturated carbocycles. The van der Waals surface area contributed by atoms with E-state index in [-0.39, 0.29) is 6.04 Å². The lowest BCUT2D eigenvalue weighted by Gasteiger charge is -2.18. The average molecular weight is 289 g/mol. The molecule has 1 heterocycles. The highest BCUT2D eigenvalue weighted by Crippen LogP contribution is 2.29. The minimum absolute atomic E-state index is 0.176. The van der Waals surface area contributed by atoms with Gasteiger partial charge in [-0.05, 0) is 25.1 Å². The van der Waals surface area contributed by atoms with E-state index >= 15 is 0 Å². The molecule has 0 saturated heterocycles. The highest BCUT2D eigenvalue weighted by atomic mass is 16.5. The largest absolute Gasteiger partial charge is 0.497 e. The fourth-order valence-electron chi connectivity index (χ4n) is 2.33. The van der Waals surface area contributed by atoms with E-state index in [1.165, 1.54) is 0 Å². The molecule has 114 valence electrons. The fourth-order valence-corrected chi connectivity index (χ4v) is 2.33. The van der Waals surface area contributed by atoms with Crippen LogP contribution in [0.1, 0.15) is 24.4 Å². The number of aromatic nitrogens is 2. The van der Waals surface area contributed by atoms with Gasteiger partial charge in [-0.1, -0.05) is 0 Å². The Hall–Kier alpha value is -2.01. The maximum absolute atomic E-state index is 5.43. The van der Waals surface area contributed by atoms with E-state index in [1.807, 2.05) is 42.2 Å². The summed E-state index contributed by atoms with van der Waals surface area (Å²) in [5.74, 6) is 2.78. The maximum Gasteiger partial charge on any atom is 0.123 e. The Morgan fingerprint density at radius 2 is 2.10 bits per heavy atom. The number of benzene rings is 1. The zero-order valence-corrected chi connectivity index (χ0v) is 13.1. The summed E-state index contributed by atoms with van der Waals surface area (Å²) < 4.78 is 12.8. The summed E-state index contributed by atoms with van der Waals surface area (Å²) in [4.78, 5) is 4.32. The lowest BCUT2D eigenvalue weighted by Crippen LogP contribution is -2.22. The van der Waals surface area contributed by atoms with Crippen LogP contribution in [0, 0.1) is 0 Å². The first-order chi connectivity index (χ1) is 10.2. The van der Waals surface area contributed by atoms with Crippen molar-refractivity contribution in [3.05, 3.63) is 42.0 Å². The fraction of sp³-hybridized carbons (Fsp3) is 0.438. The third-order valence-electron chi connectivity index (χ3n) is 3.62. The molecule has 1 aromatic carbocycles. The Balaban J connectivity index is 1.99. The monoisotopic (exact) mass is 289 g/mol. The van der Waals surface area contributed by atoms with Gasteiger partial charge in [0.15, 0.2) is 0 Å². The molecule has 0 radical (unpaired) electrons. The number of aryl methyl sites for hydroxylation is 1. The highest BCUT2D eigenvalue weighted by molar-refractivity contribution is 5.42. The van der Waals surface area contributed by atoms with Crippen LogP contribution in [0.25, 0.3) is 0 Å². The van der Waals surface area contributed by atoms with Crippen LogP contribution in [0.4, 0.5) is 0 Å². The SMILES string of the molecule is COc1ccc(OC)c(C(C)NCCc2nccn2C)c1. The van der Waals surface area contributed by atoms with Crippen molar-refractivity contribution in [2.24, 2.45) is 7.05 Å². The van der Waals surface area contributed by atoms with Gasteiger partial charge in [-0.3, -0.25) is 0 Å². The maximum atomic E-state index is 5.43.